The maximum Gasteiger partial charge on any atom is 0.218 e. The van der Waals surface area contributed by atoms with E-state index in [0.29, 0.717) is 11.6 Å². The van der Waals surface area contributed by atoms with Crippen molar-refractivity contribution in [3.8, 4) is 0 Å². The largest absolute Gasteiger partial charge is 0.379 e. The van der Waals surface area contributed by atoms with Crippen LogP contribution in [0.5, 0.6) is 0 Å². The van der Waals surface area contributed by atoms with Crippen molar-refractivity contribution < 1.29 is 4.79 Å². The molecule has 1 heterocycles. The fourth-order valence-corrected chi connectivity index (χ4v) is 4.04. The second-order valence-corrected chi connectivity index (χ2v) is 7.97. The summed E-state index contributed by atoms with van der Waals surface area (Å²) >= 11 is 6.38. The van der Waals surface area contributed by atoms with E-state index < -0.39 is 0 Å². The molecule has 3 aromatic carbocycles. The molecule has 152 valence electrons. The van der Waals surface area contributed by atoms with Crippen LogP contribution in [0, 0.1) is 0 Å². The Kier molecular flexibility index (Phi) is 6.05. The molecule has 0 aliphatic rings. The Morgan fingerprint density at radius 2 is 1.63 bits per heavy atom. The Labute approximate surface area is 181 Å². The number of carbonyl (C=O) groups excluding carboxylic acids is 1. The topological polar surface area (TPSA) is 70.9 Å². The fraction of sp³-hybridized carbons (Fsp3) is 0.160. The van der Waals surface area contributed by atoms with E-state index in [2.05, 4.69) is 40.6 Å². The molecular formula is C25H24ClN3O. The van der Waals surface area contributed by atoms with Gasteiger partial charge < -0.3 is 16.0 Å². The molecule has 0 unspecified atom stereocenters. The van der Waals surface area contributed by atoms with Crippen LogP contribution in [0.4, 0.5) is 5.69 Å². The minimum Gasteiger partial charge on any atom is -0.379 e. The van der Waals surface area contributed by atoms with E-state index in [9.17, 15) is 4.79 Å². The van der Waals surface area contributed by atoms with Gasteiger partial charge in [-0.3, -0.25) is 4.79 Å². The normalized spacial score (nSPS) is 12.0. The number of carbonyl (C=O) groups is 1. The number of anilines is 1. The zero-order chi connectivity index (χ0) is 20.9. The van der Waals surface area contributed by atoms with Crippen LogP contribution < -0.4 is 11.1 Å². The van der Waals surface area contributed by atoms with Crippen molar-refractivity contribution in [2.45, 2.75) is 25.3 Å². The highest BCUT2D eigenvalue weighted by Crippen LogP contribution is 2.33. The highest BCUT2D eigenvalue weighted by molar-refractivity contribution is 6.31. The predicted octanol–water partition coefficient (Wildman–Crippen LogP) is 5.64. The Balaban J connectivity index is 1.65. The van der Waals surface area contributed by atoms with Crippen LogP contribution in [-0.2, 0) is 17.8 Å². The molecule has 30 heavy (non-hydrogen) atoms. The molecule has 5 heteroatoms. The maximum atomic E-state index is 11.7. The number of H-pyrrole nitrogens is 1. The van der Waals surface area contributed by atoms with Gasteiger partial charge in [-0.25, -0.2) is 0 Å². The smallest absolute Gasteiger partial charge is 0.218 e. The number of amides is 1. The number of hydrogen-bond acceptors (Lipinski definition) is 2. The second-order valence-electron chi connectivity index (χ2n) is 7.54. The van der Waals surface area contributed by atoms with Gasteiger partial charge in [-0.05, 0) is 35.7 Å². The standard InChI is InChI=1S/C25H24ClN3O/c26-21-12-20-13-22(19(14-24(27)30)11-17-7-3-1-4-8-17)29-25(20)23(15-21)28-16-18-9-5-2-6-10-18/h1-10,12-13,15,19,28-29H,11,14,16H2,(H2,27,30)/t19-/m1/s1. The molecule has 1 atom stereocenters. The SMILES string of the molecule is NC(=O)C[C@@H](Cc1ccccc1)c1cc2cc(Cl)cc(NCc3ccccc3)c2[nH]1. The van der Waals surface area contributed by atoms with E-state index in [1.165, 1.54) is 11.1 Å². The van der Waals surface area contributed by atoms with Crippen LogP contribution in [0.2, 0.25) is 5.02 Å². The summed E-state index contributed by atoms with van der Waals surface area (Å²) in [7, 11) is 0. The van der Waals surface area contributed by atoms with Crippen molar-refractivity contribution in [3.05, 3.63) is 101 Å². The fourth-order valence-electron chi connectivity index (χ4n) is 3.82. The molecule has 0 bridgehead atoms. The van der Waals surface area contributed by atoms with Crippen LogP contribution in [0.1, 0.15) is 29.2 Å². The third-order valence-corrected chi connectivity index (χ3v) is 5.47. The average molecular weight is 418 g/mol. The lowest BCUT2D eigenvalue weighted by molar-refractivity contribution is -0.118. The van der Waals surface area contributed by atoms with Gasteiger partial charge in [0.25, 0.3) is 0 Å². The highest BCUT2D eigenvalue weighted by atomic mass is 35.5. The quantitative estimate of drug-likeness (QED) is 0.347. The molecule has 4 nitrogen and oxygen atoms in total. The van der Waals surface area contributed by atoms with Crippen LogP contribution in [0.15, 0.2) is 78.9 Å². The lowest BCUT2D eigenvalue weighted by Gasteiger charge is -2.14. The number of rotatable bonds is 8. The molecule has 0 radical (unpaired) electrons. The number of benzene rings is 3. The van der Waals surface area contributed by atoms with E-state index in [1.54, 1.807) is 0 Å². The first-order valence-electron chi connectivity index (χ1n) is 10.0. The van der Waals surface area contributed by atoms with Crippen molar-refractivity contribution in [2.75, 3.05) is 5.32 Å². The molecule has 0 spiro atoms. The van der Waals surface area contributed by atoms with Gasteiger partial charge >= 0.3 is 0 Å². The van der Waals surface area contributed by atoms with Crippen molar-refractivity contribution in [1.82, 2.24) is 4.98 Å². The van der Waals surface area contributed by atoms with Crippen LogP contribution in [0.3, 0.4) is 0 Å². The number of primary amides is 1. The number of nitrogens with one attached hydrogen (secondary N) is 2. The van der Waals surface area contributed by atoms with Crippen LogP contribution in [-0.4, -0.2) is 10.9 Å². The van der Waals surface area contributed by atoms with Crippen molar-refractivity contribution in [1.29, 1.82) is 0 Å². The predicted molar refractivity (Wildman–Crippen MR) is 124 cm³/mol. The van der Waals surface area contributed by atoms with Gasteiger partial charge in [-0.2, -0.15) is 0 Å². The van der Waals surface area contributed by atoms with Gasteiger partial charge in [0.05, 0.1) is 11.2 Å². The Morgan fingerprint density at radius 1 is 0.967 bits per heavy atom. The number of aromatic nitrogens is 1. The summed E-state index contributed by atoms with van der Waals surface area (Å²) in [5, 5.41) is 5.15. The first kappa shape index (κ1) is 20.0. The van der Waals surface area contributed by atoms with E-state index >= 15 is 0 Å². The summed E-state index contributed by atoms with van der Waals surface area (Å²) in [5.41, 5.74) is 10.8. The zero-order valence-electron chi connectivity index (χ0n) is 16.6. The number of hydrogen-bond donors (Lipinski definition) is 3. The van der Waals surface area contributed by atoms with E-state index in [-0.39, 0.29) is 18.2 Å². The molecule has 0 aliphatic carbocycles. The minimum absolute atomic E-state index is 0.0296. The molecular weight excluding hydrogens is 394 g/mol. The molecule has 0 aliphatic heterocycles. The first-order valence-corrected chi connectivity index (χ1v) is 10.4. The van der Waals surface area contributed by atoms with E-state index in [4.69, 9.17) is 17.3 Å². The number of nitrogens with two attached hydrogens (primary N) is 1. The van der Waals surface area contributed by atoms with Crippen molar-refractivity contribution >= 4 is 34.1 Å². The minimum atomic E-state index is -0.310. The summed E-state index contributed by atoms with van der Waals surface area (Å²) in [6.07, 6.45) is 1.01. The molecule has 4 rings (SSSR count). The van der Waals surface area contributed by atoms with Gasteiger partial charge in [-0.15, -0.1) is 0 Å². The number of halogens is 1. The molecule has 4 aromatic rings. The molecule has 0 saturated heterocycles. The number of aromatic amines is 1. The zero-order valence-corrected chi connectivity index (χ0v) is 17.3. The summed E-state index contributed by atoms with van der Waals surface area (Å²) in [6, 6.07) is 26.3. The molecule has 0 saturated carbocycles. The monoisotopic (exact) mass is 417 g/mol. The first-order chi connectivity index (χ1) is 14.6. The Hall–Kier alpha value is -3.24. The number of fused-ring (bicyclic) bond motifs is 1. The summed E-state index contributed by atoms with van der Waals surface area (Å²) in [6.45, 7) is 0.694. The van der Waals surface area contributed by atoms with Crippen LogP contribution in [0.25, 0.3) is 10.9 Å². The Bertz CT molecular complexity index is 1140. The molecule has 4 N–H and O–H groups in total. The Morgan fingerprint density at radius 3 is 2.30 bits per heavy atom. The van der Waals surface area contributed by atoms with Gasteiger partial charge in [0.1, 0.15) is 0 Å². The average Bonchev–Trinajstić information content (AvgIpc) is 3.17. The molecule has 1 aromatic heterocycles. The lowest BCUT2D eigenvalue weighted by atomic mass is 9.93. The van der Waals surface area contributed by atoms with Crippen LogP contribution >= 0.6 is 11.6 Å². The van der Waals surface area contributed by atoms with Gasteiger partial charge in [0.15, 0.2) is 0 Å². The van der Waals surface area contributed by atoms with Gasteiger partial charge in [-0.1, -0.05) is 72.3 Å². The second kappa shape index (κ2) is 9.06. The summed E-state index contributed by atoms with van der Waals surface area (Å²) < 4.78 is 0. The summed E-state index contributed by atoms with van der Waals surface area (Å²) in [4.78, 5) is 15.3. The van der Waals surface area contributed by atoms with Gasteiger partial charge in [0, 0.05) is 35.0 Å². The molecule has 1 amide bonds. The maximum absolute atomic E-state index is 11.7. The third-order valence-electron chi connectivity index (χ3n) is 5.25. The van der Waals surface area contributed by atoms with Crippen molar-refractivity contribution in [2.24, 2.45) is 5.73 Å². The van der Waals surface area contributed by atoms with Gasteiger partial charge in [0.2, 0.25) is 5.91 Å². The third kappa shape index (κ3) is 4.84. The lowest BCUT2D eigenvalue weighted by Crippen LogP contribution is -2.17. The highest BCUT2D eigenvalue weighted by Gasteiger charge is 2.19. The van der Waals surface area contributed by atoms with Crippen molar-refractivity contribution in [3.63, 3.8) is 0 Å². The van der Waals surface area contributed by atoms with E-state index in [1.807, 2.05) is 48.5 Å². The molecule has 0 fully saturated rings. The van der Waals surface area contributed by atoms with E-state index in [0.717, 1.165) is 28.7 Å². The summed E-state index contributed by atoms with van der Waals surface area (Å²) in [5.74, 6) is -0.340.